The van der Waals surface area contributed by atoms with Crippen molar-refractivity contribution in [3.05, 3.63) is 12.3 Å². The number of carbonyl (C=O) groups is 1. The smallest absolute Gasteiger partial charge is 0.182 e. The van der Waals surface area contributed by atoms with Gasteiger partial charge in [0, 0.05) is 27.4 Å². The van der Waals surface area contributed by atoms with Gasteiger partial charge in [0.15, 0.2) is 5.78 Å². The predicted octanol–water partition coefficient (Wildman–Crippen LogP) is 0.277. The molecule has 0 saturated carbocycles. The van der Waals surface area contributed by atoms with E-state index in [0.717, 1.165) is 0 Å². The zero-order valence-electron chi connectivity index (χ0n) is 6.63. The van der Waals surface area contributed by atoms with Crippen molar-refractivity contribution < 1.29 is 9.53 Å². The molecule has 0 radical (unpaired) electrons. The van der Waals surface area contributed by atoms with Gasteiger partial charge in [-0.1, -0.05) is 0 Å². The van der Waals surface area contributed by atoms with Crippen molar-refractivity contribution in [1.82, 2.24) is 4.90 Å². The molecule has 0 fully saturated rings. The third-order valence-electron chi connectivity index (χ3n) is 0.845. The SMILES string of the molecule is COCC(=O)C=CN(C)C. The van der Waals surface area contributed by atoms with Crippen molar-refractivity contribution in [2.45, 2.75) is 0 Å². The number of hydrogen-bond acceptors (Lipinski definition) is 3. The summed E-state index contributed by atoms with van der Waals surface area (Å²) < 4.78 is 4.62. The predicted molar refractivity (Wildman–Crippen MR) is 39.7 cm³/mol. The maximum absolute atomic E-state index is 10.7. The fourth-order valence-electron chi connectivity index (χ4n) is 0.423. The molecule has 58 valence electrons. The number of nitrogens with zero attached hydrogens (tertiary/aromatic N) is 1. The summed E-state index contributed by atoms with van der Waals surface area (Å²) in [4.78, 5) is 12.5. The summed E-state index contributed by atoms with van der Waals surface area (Å²) in [6.07, 6.45) is 3.19. The summed E-state index contributed by atoms with van der Waals surface area (Å²) in [5, 5.41) is 0. The second-order valence-electron chi connectivity index (χ2n) is 2.18. The van der Waals surface area contributed by atoms with Gasteiger partial charge in [-0.2, -0.15) is 0 Å². The van der Waals surface area contributed by atoms with Crippen molar-refractivity contribution in [2.24, 2.45) is 0 Å². The first-order chi connectivity index (χ1) is 4.66. The summed E-state index contributed by atoms with van der Waals surface area (Å²) in [5.74, 6) is -0.0174. The van der Waals surface area contributed by atoms with Gasteiger partial charge < -0.3 is 9.64 Å². The molecule has 0 N–H and O–H groups in total. The molecule has 0 saturated heterocycles. The zero-order valence-corrected chi connectivity index (χ0v) is 6.63. The molecule has 0 aromatic rings. The van der Waals surface area contributed by atoms with Crippen LogP contribution in [0, 0.1) is 0 Å². The van der Waals surface area contributed by atoms with Gasteiger partial charge in [-0.15, -0.1) is 0 Å². The lowest BCUT2D eigenvalue weighted by molar-refractivity contribution is -0.118. The molecule has 0 aromatic heterocycles. The Hall–Kier alpha value is -0.830. The Labute approximate surface area is 61.3 Å². The lowest BCUT2D eigenvalue weighted by Gasteiger charge is -2.01. The fraction of sp³-hybridized carbons (Fsp3) is 0.571. The van der Waals surface area contributed by atoms with Crippen LogP contribution in [0.3, 0.4) is 0 Å². The second kappa shape index (κ2) is 4.99. The summed E-state index contributed by atoms with van der Waals surface area (Å²) in [7, 11) is 5.22. The highest BCUT2D eigenvalue weighted by atomic mass is 16.5. The van der Waals surface area contributed by atoms with Gasteiger partial charge in [0.2, 0.25) is 0 Å². The first-order valence-corrected chi connectivity index (χ1v) is 3.03. The molecule has 0 unspecified atom stereocenters. The van der Waals surface area contributed by atoms with Gasteiger partial charge >= 0.3 is 0 Å². The van der Waals surface area contributed by atoms with Gasteiger partial charge in [0.25, 0.3) is 0 Å². The van der Waals surface area contributed by atoms with E-state index in [-0.39, 0.29) is 12.4 Å². The van der Waals surface area contributed by atoms with Crippen LogP contribution in [0.4, 0.5) is 0 Å². The minimum atomic E-state index is -0.0174. The Bertz CT molecular complexity index is 130. The minimum Gasteiger partial charge on any atom is -0.383 e. The summed E-state index contributed by atoms with van der Waals surface area (Å²) in [5.41, 5.74) is 0. The molecule has 0 aromatic carbocycles. The summed E-state index contributed by atoms with van der Waals surface area (Å²) in [6.45, 7) is 0.157. The molecule has 0 bridgehead atoms. The number of rotatable bonds is 4. The third-order valence-corrected chi connectivity index (χ3v) is 0.845. The Morgan fingerprint density at radius 3 is 2.60 bits per heavy atom. The number of hydrogen-bond donors (Lipinski definition) is 0. The van der Waals surface area contributed by atoms with E-state index in [2.05, 4.69) is 4.74 Å². The van der Waals surface area contributed by atoms with E-state index >= 15 is 0 Å². The van der Waals surface area contributed by atoms with Gasteiger partial charge in [-0.25, -0.2) is 0 Å². The van der Waals surface area contributed by atoms with Crippen molar-refractivity contribution in [3.8, 4) is 0 Å². The molecule has 0 aliphatic rings. The fourth-order valence-corrected chi connectivity index (χ4v) is 0.423. The van der Waals surface area contributed by atoms with Crippen molar-refractivity contribution >= 4 is 5.78 Å². The van der Waals surface area contributed by atoms with E-state index < -0.39 is 0 Å². The van der Waals surface area contributed by atoms with Crippen LogP contribution in [0.25, 0.3) is 0 Å². The monoisotopic (exact) mass is 143 g/mol. The van der Waals surface area contributed by atoms with Gasteiger partial charge in [-0.3, -0.25) is 4.79 Å². The lowest BCUT2D eigenvalue weighted by atomic mass is 10.4. The highest BCUT2D eigenvalue weighted by Gasteiger charge is 1.91. The number of carbonyl (C=O) groups excluding carboxylic acids is 1. The number of ether oxygens (including phenoxy) is 1. The van der Waals surface area contributed by atoms with E-state index in [0.29, 0.717) is 0 Å². The van der Waals surface area contributed by atoms with Gasteiger partial charge in [0.1, 0.15) is 6.61 Å². The molecule has 0 atom stereocenters. The third kappa shape index (κ3) is 5.31. The zero-order chi connectivity index (χ0) is 7.98. The normalized spacial score (nSPS) is 10.3. The van der Waals surface area contributed by atoms with Crippen LogP contribution in [0.15, 0.2) is 12.3 Å². The van der Waals surface area contributed by atoms with Crippen LogP contribution in [-0.4, -0.2) is 38.5 Å². The van der Waals surface area contributed by atoms with E-state index in [9.17, 15) is 4.79 Å². The number of ketones is 1. The standard InChI is InChI=1S/C7H13NO2/c1-8(2)5-4-7(9)6-10-3/h4-5H,6H2,1-3H3. The molecule has 3 nitrogen and oxygen atoms in total. The average molecular weight is 143 g/mol. The Kier molecular flexibility index (Phi) is 4.58. The average Bonchev–Trinajstić information content (AvgIpc) is 1.85. The maximum Gasteiger partial charge on any atom is 0.182 e. The summed E-state index contributed by atoms with van der Waals surface area (Å²) >= 11 is 0. The van der Waals surface area contributed by atoms with E-state index in [1.165, 1.54) is 13.2 Å². The van der Waals surface area contributed by atoms with Crippen LogP contribution < -0.4 is 0 Å². The van der Waals surface area contributed by atoms with Crippen molar-refractivity contribution in [3.63, 3.8) is 0 Å². The molecule has 3 heteroatoms. The first-order valence-electron chi connectivity index (χ1n) is 3.03. The molecular formula is C7H13NO2. The van der Waals surface area contributed by atoms with Crippen LogP contribution in [0.2, 0.25) is 0 Å². The topological polar surface area (TPSA) is 29.5 Å². The highest BCUT2D eigenvalue weighted by molar-refractivity contribution is 5.90. The van der Waals surface area contributed by atoms with E-state index in [1.54, 1.807) is 11.1 Å². The van der Waals surface area contributed by atoms with Gasteiger partial charge in [-0.05, 0) is 6.08 Å². The quantitative estimate of drug-likeness (QED) is 0.529. The Morgan fingerprint density at radius 1 is 1.60 bits per heavy atom. The van der Waals surface area contributed by atoms with E-state index in [1.807, 2.05) is 14.1 Å². The summed E-state index contributed by atoms with van der Waals surface area (Å²) in [6, 6.07) is 0. The molecule has 0 amide bonds. The molecule has 0 heterocycles. The molecule has 10 heavy (non-hydrogen) atoms. The Balaban J connectivity index is 3.56. The second-order valence-corrected chi connectivity index (χ2v) is 2.18. The van der Waals surface area contributed by atoms with Crippen LogP contribution in [0.5, 0.6) is 0 Å². The minimum absolute atomic E-state index is 0.0174. The maximum atomic E-state index is 10.7. The van der Waals surface area contributed by atoms with Crippen molar-refractivity contribution in [1.29, 1.82) is 0 Å². The largest absolute Gasteiger partial charge is 0.383 e. The highest BCUT2D eigenvalue weighted by Crippen LogP contribution is 1.80. The molecule has 0 spiro atoms. The van der Waals surface area contributed by atoms with Crippen LogP contribution >= 0.6 is 0 Å². The van der Waals surface area contributed by atoms with Crippen molar-refractivity contribution in [2.75, 3.05) is 27.8 Å². The first kappa shape index (κ1) is 9.17. The lowest BCUT2D eigenvalue weighted by Crippen LogP contribution is -2.06. The van der Waals surface area contributed by atoms with Gasteiger partial charge in [0.05, 0.1) is 0 Å². The van der Waals surface area contributed by atoms with Crippen LogP contribution in [-0.2, 0) is 9.53 Å². The molecular weight excluding hydrogens is 130 g/mol. The van der Waals surface area contributed by atoms with Crippen LogP contribution in [0.1, 0.15) is 0 Å². The number of methoxy groups -OCH3 is 1. The molecule has 0 aliphatic carbocycles. The molecule has 0 rings (SSSR count). The van der Waals surface area contributed by atoms with E-state index in [4.69, 9.17) is 0 Å². The Morgan fingerprint density at radius 2 is 2.20 bits per heavy atom. The molecule has 0 aliphatic heterocycles.